The summed E-state index contributed by atoms with van der Waals surface area (Å²) in [6.07, 6.45) is 6.76. The van der Waals surface area contributed by atoms with Gasteiger partial charge >= 0.3 is 6.03 Å². The molecule has 5 N–H and O–H groups in total. The highest BCUT2D eigenvalue weighted by Gasteiger charge is 2.46. The van der Waals surface area contributed by atoms with Gasteiger partial charge in [0, 0.05) is 6.54 Å². The summed E-state index contributed by atoms with van der Waals surface area (Å²) < 4.78 is 25.4. The van der Waals surface area contributed by atoms with Crippen LogP contribution in [0.3, 0.4) is 0 Å². The number of carbonyl (C=O) groups is 5. The number of amides is 5. The van der Waals surface area contributed by atoms with Gasteiger partial charge in [-0.3, -0.25) is 19.2 Å². The van der Waals surface area contributed by atoms with Crippen molar-refractivity contribution in [2.75, 3.05) is 12.3 Å². The summed E-state index contributed by atoms with van der Waals surface area (Å²) in [5.41, 5.74) is 3.55. The lowest BCUT2D eigenvalue weighted by molar-refractivity contribution is -0.144. The number of ketones is 1. The number of likely N-dealkylation sites (tertiary alicyclic amines) is 1. The molecule has 0 bridgehead atoms. The summed E-state index contributed by atoms with van der Waals surface area (Å²) in [5, 5.41) is 8.47. The fraction of sp³-hybridized carbons (Fsp3) is 0.833. The molecule has 0 spiro atoms. The first-order chi connectivity index (χ1) is 19.8. The highest BCUT2D eigenvalue weighted by Crippen LogP contribution is 2.34. The van der Waals surface area contributed by atoms with E-state index in [2.05, 4.69) is 16.0 Å². The van der Waals surface area contributed by atoms with E-state index in [-0.39, 0.29) is 11.7 Å². The number of primary amides is 1. The number of hydrogen-bond acceptors (Lipinski definition) is 7. The zero-order valence-corrected chi connectivity index (χ0v) is 27.4. The molecule has 2 unspecified atom stereocenters. The molecule has 244 valence electrons. The second-order valence-corrected chi connectivity index (χ2v) is 17.4. The Bertz CT molecular complexity index is 1190. The highest BCUT2D eigenvalue weighted by molar-refractivity contribution is 7.92. The van der Waals surface area contributed by atoms with E-state index in [1.54, 1.807) is 41.5 Å². The Labute approximate surface area is 255 Å². The summed E-state index contributed by atoms with van der Waals surface area (Å²) in [5.74, 6) is -3.28. The van der Waals surface area contributed by atoms with E-state index < -0.39 is 73.2 Å². The second kappa shape index (κ2) is 13.1. The van der Waals surface area contributed by atoms with Crippen molar-refractivity contribution >= 4 is 39.4 Å². The zero-order valence-electron chi connectivity index (χ0n) is 26.6. The molecule has 0 aromatic rings. The average molecular weight is 626 g/mol. The molecule has 3 atom stereocenters. The molecule has 2 aliphatic carbocycles. The Morgan fingerprint density at radius 1 is 0.884 bits per heavy atom. The minimum atomic E-state index is -3.55. The molecule has 1 heterocycles. The van der Waals surface area contributed by atoms with Crippen molar-refractivity contribution in [1.29, 1.82) is 0 Å². The van der Waals surface area contributed by atoms with Crippen molar-refractivity contribution in [3.63, 3.8) is 0 Å². The van der Waals surface area contributed by atoms with Crippen molar-refractivity contribution in [2.24, 2.45) is 17.1 Å². The molecule has 3 rings (SSSR count). The smallest absolute Gasteiger partial charge is 0.315 e. The van der Waals surface area contributed by atoms with E-state index in [1.165, 1.54) is 4.90 Å². The quantitative estimate of drug-likeness (QED) is 0.267. The van der Waals surface area contributed by atoms with Gasteiger partial charge in [-0.05, 0) is 70.6 Å². The van der Waals surface area contributed by atoms with E-state index in [1.807, 2.05) is 0 Å². The standard InChI is InChI=1S/C30H51N5O7S/c1-28(2,3)23(33-27(40)34-30(15-8-7-9-16-30)18-43(41,42)29(4,5)6)26(39)35-17-11-14-20(35)25(38)32-21(19-12-10-13-19)22(36)24(31)37/h19-21,23H,7-18H2,1-6H3,(H2,31,37)(H,32,38)(H2,33,34,40)/t20?,21?,23-/m1/s1. The lowest BCUT2D eigenvalue weighted by Crippen LogP contribution is -2.63. The van der Waals surface area contributed by atoms with Gasteiger partial charge in [-0.1, -0.05) is 46.5 Å². The van der Waals surface area contributed by atoms with Crippen LogP contribution in [0.2, 0.25) is 0 Å². The molecule has 3 fully saturated rings. The summed E-state index contributed by atoms with van der Waals surface area (Å²) >= 11 is 0. The lowest BCUT2D eigenvalue weighted by Gasteiger charge is -2.41. The van der Waals surface area contributed by atoms with Crippen LogP contribution in [-0.4, -0.2) is 83.6 Å². The zero-order chi connectivity index (χ0) is 32.4. The Hall–Kier alpha value is -2.70. The number of sulfone groups is 1. The second-order valence-electron chi connectivity index (χ2n) is 14.7. The van der Waals surface area contributed by atoms with Crippen LogP contribution in [0, 0.1) is 11.3 Å². The minimum absolute atomic E-state index is 0.170. The van der Waals surface area contributed by atoms with Crippen molar-refractivity contribution in [2.45, 2.75) is 134 Å². The van der Waals surface area contributed by atoms with Gasteiger partial charge < -0.3 is 26.6 Å². The van der Waals surface area contributed by atoms with E-state index >= 15 is 0 Å². The maximum atomic E-state index is 14.0. The normalized spacial score (nSPS) is 22.6. The molecule has 12 nitrogen and oxygen atoms in total. The average Bonchev–Trinajstić information content (AvgIpc) is 3.34. The Kier molecular flexibility index (Phi) is 10.6. The highest BCUT2D eigenvalue weighted by atomic mass is 32.2. The van der Waals surface area contributed by atoms with Crippen LogP contribution in [0.5, 0.6) is 0 Å². The summed E-state index contributed by atoms with van der Waals surface area (Å²) in [6.45, 7) is 10.6. The van der Waals surface area contributed by atoms with Gasteiger partial charge in [0.15, 0.2) is 9.84 Å². The number of nitrogens with two attached hydrogens (primary N) is 1. The predicted molar refractivity (Wildman–Crippen MR) is 162 cm³/mol. The molecule has 13 heteroatoms. The molecule has 1 saturated heterocycles. The van der Waals surface area contributed by atoms with Crippen LogP contribution in [0.15, 0.2) is 0 Å². The number of rotatable bonds is 10. The van der Waals surface area contributed by atoms with Crippen LogP contribution < -0.4 is 21.7 Å². The first-order valence-corrected chi connectivity index (χ1v) is 17.2. The predicted octanol–water partition coefficient (Wildman–Crippen LogP) is 1.95. The SMILES string of the molecule is CC(C)(C)[C@H](NC(=O)NC1(CS(=O)(=O)C(C)(C)C)CCCCC1)C(=O)N1CCCC1C(=O)NC(C(=O)C(N)=O)C1CCC1. The molecule has 0 aromatic heterocycles. The van der Waals surface area contributed by atoms with Gasteiger partial charge in [0.25, 0.3) is 5.91 Å². The van der Waals surface area contributed by atoms with Gasteiger partial charge in [0.05, 0.1) is 16.0 Å². The lowest BCUT2D eigenvalue weighted by atomic mass is 9.78. The van der Waals surface area contributed by atoms with Crippen molar-refractivity contribution < 1.29 is 32.4 Å². The molecule has 3 aliphatic rings. The molecule has 0 radical (unpaired) electrons. The first kappa shape index (κ1) is 34.8. The van der Waals surface area contributed by atoms with E-state index in [0.29, 0.717) is 45.1 Å². The first-order valence-electron chi connectivity index (χ1n) is 15.5. The fourth-order valence-corrected chi connectivity index (χ4v) is 7.73. The molecule has 0 aromatic carbocycles. The Balaban J connectivity index is 1.77. The molecule has 43 heavy (non-hydrogen) atoms. The molecule has 1 aliphatic heterocycles. The van der Waals surface area contributed by atoms with Crippen LogP contribution in [-0.2, 0) is 29.0 Å². The molecule has 2 saturated carbocycles. The van der Waals surface area contributed by atoms with Gasteiger partial charge in [-0.15, -0.1) is 0 Å². The molecular weight excluding hydrogens is 574 g/mol. The number of nitrogens with zero attached hydrogens (tertiary/aromatic N) is 1. The third-order valence-corrected chi connectivity index (χ3v) is 12.1. The summed E-state index contributed by atoms with van der Waals surface area (Å²) in [7, 11) is -3.55. The maximum Gasteiger partial charge on any atom is 0.315 e. The van der Waals surface area contributed by atoms with Crippen LogP contribution in [0.25, 0.3) is 0 Å². The number of nitrogens with one attached hydrogen (secondary N) is 3. The van der Waals surface area contributed by atoms with Crippen LogP contribution in [0.1, 0.15) is 106 Å². The summed E-state index contributed by atoms with van der Waals surface area (Å²) in [6, 6.07) is -3.53. The van der Waals surface area contributed by atoms with Crippen molar-refractivity contribution in [3.05, 3.63) is 0 Å². The number of urea groups is 1. The van der Waals surface area contributed by atoms with Crippen LogP contribution in [0.4, 0.5) is 4.79 Å². The largest absolute Gasteiger partial charge is 0.363 e. The Morgan fingerprint density at radius 3 is 1.98 bits per heavy atom. The van der Waals surface area contributed by atoms with E-state index in [0.717, 1.165) is 25.7 Å². The van der Waals surface area contributed by atoms with Gasteiger partial charge in [-0.2, -0.15) is 0 Å². The molecule has 5 amide bonds. The van der Waals surface area contributed by atoms with E-state index in [4.69, 9.17) is 5.73 Å². The molecular formula is C30H51N5O7S. The minimum Gasteiger partial charge on any atom is -0.363 e. The van der Waals surface area contributed by atoms with Gasteiger partial charge in [0.2, 0.25) is 17.6 Å². The van der Waals surface area contributed by atoms with Crippen LogP contribution >= 0.6 is 0 Å². The monoisotopic (exact) mass is 625 g/mol. The summed E-state index contributed by atoms with van der Waals surface area (Å²) in [4.78, 5) is 66.4. The Morgan fingerprint density at radius 2 is 1.49 bits per heavy atom. The maximum absolute atomic E-state index is 14.0. The fourth-order valence-electron chi connectivity index (χ4n) is 6.21. The third kappa shape index (κ3) is 8.27. The number of hydrogen-bond donors (Lipinski definition) is 4. The van der Waals surface area contributed by atoms with E-state index in [9.17, 15) is 32.4 Å². The third-order valence-electron chi connectivity index (χ3n) is 9.26. The van der Waals surface area contributed by atoms with Crippen molar-refractivity contribution in [1.82, 2.24) is 20.9 Å². The van der Waals surface area contributed by atoms with Gasteiger partial charge in [-0.25, -0.2) is 13.2 Å². The topological polar surface area (TPSA) is 185 Å². The van der Waals surface area contributed by atoms with Gasteiger partial charge in [0.1, 0.15) is 18.1 Å². The number of carbonyl (C=O) groups excluding carboxylic acids is 5. The number of Topliss-reactive ketones (excluding diaryl/α,β-unsaturated/α-hetero) is 1. The van der Waals surface area contributed by atoms with Crippen molar-refractivity contribution in [3.8, 4) is 0 Å².